The monoisotopic (exact) mass is 502 g/mol. The SMILES string of the molecule is C[C@@H]1O[C@@H](C/C=C/C(=O)O)[C@@H](OCc2ccccc2)[C@H](OCc2ccccc2)[C@@H]1OCc1ccccc1. The summed E-state index contributed by atoms with van der Waals surface area (Å²) in [6.45, 7) is 3.15. The van der Waals surface area contributed by atoms with Gasteiger partial charge in [-0.2, -0.15) is 0 Å². The van der Waals surface area contributed by atoms with Gasteiger partial charge in [0.2, 0.25) is 0 Å². The molecule has 1 heterocycles. The lowest BCUT2D eigenvalue weighted by Gasteiger charge is -2.45. The van der Waals surface area contributed by atoms with Crippen LogP contribution in [0.1, 0.15) is 30.0 Å². The first-order valence-electron chi connectivity index (χ1n) is 12.6. The fraction of sp³-hybridized carbons (Fsp3) is 0.323. The lowest BCUT2D eigenvalue weighted by Crippen LogP contribution is -2.59. The molecule has 0 amide bonds. The summed E-state index contributed by atoms with van der Waals surface area (Å²) in [6.07, 6.45) is 1.16. The molecular formula is C31H34O6. The van der Waals surface area contributed by atoms with Gasteiger partial charge in [0.15, 0.2) is 0 Å². The van der Waals surface area contributed by atoms with Crippen molar-refractivity contribution in [2.75, 3.05) is 0 Å². The van der Waals surface area contributed by atoms with E-state index in [-0.39, 0.29) is 12.2 Å². The van der Waals surface area contributed by atoms with Crippen molar-refractivity contribution in [2.24, 2.45) is 0 Å². The molecule has 0 bridgehead atoms. The van der Waals surface area contributed by atoms with Crippen LogP contribution in [0.15, 0.2) is 103 Å². The van der Waals surface area contributed by atoms with Crippen LogP contribution in [-0.2, 0) is 43.6 Å². The second kappa shape index (κ2) is 13.9. The number of benzene rings is 3. The van der Waals surface area contributed by atoms with E-state index in [1.165, 1.54) is 0 Å². The van der Waals surface area contributed by atoms with Gasteiger partial charge in [0.1, 0.15) is 18.3 Å². The third-order valence-electron chi connectivity index (χ3n) is 6.35. The minimum absolute atomic E-state index is 0.288. The first-order chi connectivity index (χ1) is 18.1. The molecule has 0 spiro atoms. The van der Waals surface area contributed by atoms with Crippen LogP contribution in [0, 0.1) is 0 Å². The lowest BCUT2D eigenvalue weighted by atomic mass is 9.92. The molecule has 1 aliphatic rings. The Labute approximate surface area is 218 Å². The fourth-order valence-electron chi connectivity index (χ4n) is 4.51. The molecule has 37 heavy (non-hydrogen) atoms. The molecule has 1 fully saturated rings. The molecule has 0 saturated carbocycles. The third kappa shape index (κ3) is 8.10. The Hall–Kier alpha value is -3.29. The number of rotatable bonds is 12. The minimum Gasteiger partial charge on any atom is -0.478 e. The molecule has 6 nitrogen and oxygen atoms in total. The molecule has 3 aromatic carbocycles. The van der Waals surface area contributed by atoms with Gasteiger partial charge >= 0.3 is 5.97 Å². The van der Waals surface area contributed by atoms with Gasteiger partial charge < -0.3 is 24.1 Å². The van der Waals surface area contributed by atoms with Crippen molar-refractivity contribution in [3.05, 3.63) is 120 Å². The standard InChI is InChI=1S/C31H34O6/c1-23-29(34-20-24-12-5-2-6-13-24)31(36-22-26-16-9-4-10-17-26)30(27(37-23)18-11-19-28(32)33)35-21-25-14-7-3-8-15-25/h2-17,19,23,27,29-31H,18,20-22H2,1H3,(H,32,33)/b19-11+/t23-,27-,29+,30+,31+/m0/s1. The van der Waals surface area contributed by atoms with Crippen LogP contribution in [0.3, 0.4) is 0 Å². The van der Waals surface area contributed by atoms with Crippen molar-refractivity contribution >= 4 is 5.97 Å². The molecule has 3 aromatic rings. The van der Waals surface area contributed by atoms with Crippen molar-refractivity contribution in [3.63, 3.8) is 0 Å². The first-order valence-corrected chi connectivity index (χ1v) is 12.6. The molecule has 1 saturated heterocycles. The van der Waals surface area contributed by atoms with E-state index in [0.717, 1.165) is 22.8 Å². The predicted octanol–water partition coefficient (Wildman–Crippen LogP) is 5.56. The van der Waals surface area contributed by atoms with Crippen molar-refractivity contribution in [1.82, 2.24) is 0 Å². The maximum absolute atomic E-state index is 11.1. The van der Waals surface area contributed by atoms with Crippen LogP contribution in [-0.4, -0.2) is 41.6 Å². The molecule has 1 aliphatic heterocycles. The van der Waals surface area contributed by atoms with E-state index in [9.17, 15) is 4.79 Å². The maximum Gasteiger partial charge on any atom is 0.327 e. The van der Waals surface area contributed by atoms with E-state index in [2.05, 4.69) is 0 Å². The Morgan fingerprint density at radius 1 is 0.730 bits per heavy atom. The summed E-state index contributed by atoms with van der Waals surface area (Å²) in [6, 6.07) is 29.9. The minimum atomic E-state index is -0.994. The van der Waals surface area contributed by atoms with Gasteiger partial charge in [0, 0.05) is 6.08 Å². The molecule has 0 radical (unpaired) electrons. The Morgan fingerprint density at radius 3 is 1.62 bits per heavy atom. The Bertz CT molecular complexity index is 1100. The van der Waals surface area contributed by atoms with E-state index in [4.69, 9.17) is 24.1 Å². The normalized spacial score (nSPS) is 23.8. The average molecular weight is 503 g/mol. The molecule has 6 heteroatoms. The summed E-state index contributed by atoms with van der Waals surface area (Å²) in [5, 5.41) is 9.09. The van der Waals surface area contributed by atoms with Gasteiger partial charge in [0.05, 0.1) is 32.0 Å². The summed E-state index contributed by atoms with van der Waals surface area (Å²) in [7, 11) is 0. The van der Waals surface area contributed by atoms with Crippen molar-refractivity contribution in [1.29, 1.82) is 0 Å². The second-order valence-electron chi connectivity index (χ2n) is 9.14. The van der Waals surface area contributed by atoms with Gasteiger partial charge in [-0.1, -0.05) is 97.1 Å². The Kier molecular flexibility index (Phi) is 10.0. The second-order valence-corrected chi connectivity index (χ2v) is 9.14. The molecule has 0 aliphatic carbocycles. The highest BCUT2D eigenvalue weighted by atomic mass is 16.6. The smallest absolute Gasteiger partial charge is 0.327 e. The van der Waals surface area contributed by atoms with Crippen LogP contribution in [0.5, 0.6) is 0 Å². The highest BCUT2D eigenvalue weighted by Crippen LogP contribution is 2.32. The summed E-state index contributed by atoms with van der Waals surface area (Å²) >= 11 is 0. The van der Waals surface area contributed by atoms with Crippen LogP contribution >= 0.6 is 0 Å². The number of hydrogen-bond donors (Lipinski definition) is 1. The molecule has 4 rings (SSSR count). The number of aliphatic carboxylic acids is 1. The molecular weight excluding hydrogens is 468 g/mol. The Morgan fingerprint density at radius 2 is 1.16 bits per heavy atom. The van der Waals surface area contributed by atoms with Gasteiger partial charge in [-0.15, -0.1) is 0 Å². The molecule has 0 aromatic heterocycles. The molecule has 0 unspecified atom stereocenters. The largest absolute Gasteiger partial charge is 0.478 e. The van der Waals surface area contributed by atoms with Crippen LogP contribution in [0.2, 0.25) is 0 Å². The fourth-order valence-corrected chi connectivity index (χ4v) is 4.51. The highest BCUT2D eigenvalue weighted by Gasteiger charge is 2.46. The van der Waals surface area contributed by atoms with E-state index >= 15 is 0 Å². The summed E-state index contributed by atoms with van der Waals surface area (Å²) in [5.41, 5.74) is 3.14. The van der Waals surface area contributed by atoms with Crippen LogP contribution in [0.25, 0.3) is 0 Å². The number of hydrogen-bond acceptors (Lipinski definition) is 5. The summed E-state index contributed by atoms with van der Waals surface area (Å²) in [4.78, 5) is 11.1. The van der Waals surface area contributed by atoms with Crippen LogP contribution < -0.4 is 0 Å². The quantitative estimate of drug-likeness (QED) is 0.327. The van der Waals surface area contributed by atoms with Crippen molar-refractivity contribution in [3.8, 4) is 0 Å². The number of ether oxygens (including phenoxy) is 4. The summed E-state index contributed by atoms with van der Waals surface area (Å²) in [5.74, 6) is -0.994. The van der Waals surface area contributed by atoms with Gasteiger partial charge in [-0.25, -0.2) is 4.79 Å². The van der Waals surface area contributed by atoms with E-state index in [1.54, 1.807) is 6.08 Å². The van der Waals surface area contributed by atoms with Gasteiger partial charge in [-0.3, -0.25) is 0 Å². The molecule has 194 valence electrons. The third-order valence-corrected chi connectivity index (χ3v) is 6.35. The van der Waals surface area contributed by atoms with Gasteiger partial charge in [-0.05, 0) is 30.0 Å². The first kappa shape index (κ1) is 26.8. The molecule has 5 atom stereocenters. The molecule has 1 N–H and O–H groups in total. The Balaban J connectivity index is 1.58. The number of carboxylic acids is 1. The summed E-state index contributed by atoms with van der Waals surface area (Å²) < 4.78 is 25.8. The highest BCUT2D eigenvalue weighted by molar-refractivity contribution is 5.79. The van der Waals surface area contributed by atoms with E-state index in [0.29, 0.717) is 26.2 Å². The van der Waals surface area contributed by atoms with Crippen molar-refractivity contribution < 1.29 is 28.8 Å². The van der Waals surface area contributed by atoms with Gasteiger partial charge in [0.25, 0.3) is 0 Å². The number of carbonyl (C=O) groups is 1. The predicted molar refractivity (Wildman–Crippen MR) is 141 cm³/mol. The average Bonchev–Trinajstić information content (AvgIpc) is 2.92. The van der Waals surface area contributed by atoms with Crippen molar-refractivity contribution in [2.45, 2.75) is 63.7 Å². The lowest BCUT2D eigenvalue weighted by molar-refractivity contribution is -0.260. The van der Waals surface area contributed by atoms with E-state index < -0.39 is 24.3 Å². The zero-order valence-electron chi connectivity index (χ0n) is 21.0. The maximum atomic E-state index is 11.1. The zero-order chi connectivity index (χ0) is 25.9. The topological polar surface area (TPSA) is 74.2 Å². The number of carboxylic acid groups (broad SMARTS) is 1. The van der Waals surface area contributed by atoms with E-state index in [1.807, 2.05) is 97.9 Å². The zero-order valence-corrected chi connectivity index (χ0v) is 21.0. The van der Waals surface area contributed by atoms with Crippen LogP contribution in [0.4, 0.5) is 0 Å².